The van der Waals surface area contributed by atoms with Crippen LogP contribution in [0, 0.1) is 20.8 Å². The number of aryl methyl sites for hydroxylation is 3. The second-order valence-electron chi connectivity index (χ2n) is 4.02. The molecule has 0 aliphatic carbocycles. The van der Waals surface area contributed by atoms with E-state index >= 15 is 0 Å². The van der Waals surface area contributed by atoms with Crippen molar-refractivity contribution in [1.82, 2.24) is 0 Å². The number of ketones is 1. The van der Waals surface area contributed by atoms with E-state index < -0.39 is 0 Å². The summed E-state index contributed by atoms with van der Waals surface area (Å²) >= 11 is 1.71. The molecule has 2 aromatic rings. The van der Waals surface area contributed by atoms with Crippen LogP contribution < -0.4 is 0 Å². The summed E-state index contributed by atoms with van der Waals surface area (Å²) < 4.78 is 1.22. The van der Waals surface area contributed by atoms with Crippen molar-refractivity contribution in [3.05, 3.63) is 33.7 Å². The van der Waals surface area contributed by atoms with Crippen molar-refractivity contribution in [2.75, 3.05) is 0 Å². The summed E-state index contributed by atoms with van der Waals surface area (Å²) in [6.45, 7) is 7.86. The van der Waals surface area contributed by atoms with Crippen LogP contribution in [0.3, 0.4) is 0 Å². The van der Waals surface area contributed by atoms with E-state index in [1.54, 1.807) is 18.3 Å². The first-order valence-corrected chi connectivity index (χ1v) is 5.83. The number of carbonyl (C=O) groups excluding carboxylic acids is 1. The summed E-state index contributed by atoms with van der Waals surface area (Å²) in [5.74, 6) is 0.169. The second-order valence-corrected chi connectivity index (χ2v) is 5.28. The molecule has 0 fully saturated rings. The number of carbonyl (C=O) groups is 1. The normalized spacial score (nSPS) is 10.9. The fourth-order valence-electron chi connectivity index (χ4n) is 1.91. The third kappa shape index (κ3) is 1.59. The molecule has 1 aromatic heterocycles. The van der Waals surface area contributed by atoms with E-state index in [0.29, 0.717) is 0 Å². The molecule has 0 spiro atoms. The first-order valence-electron chi connectivity index (χ1n) is 5.02. The lowest BCUT2D eigenvalue weighted by Gasteiger charge is -2.00. The minimum atomic E-state index is 0.169. The van der Waals surface area contributed by atoms with Crippen LogP contribution >= 0.6 is 11.3 Å². The molecule has 0 bridgehead atoms. The number of Topliss-reactive ketones (excluding diaryl/α,β-unsaturated/α-hetero) is 1. The van der Waals surface area contributed by atoms with E-state index in [1.165, 1.54) is 15.8 Å². The predicted molar refractivity (Wildman–Crippen MR) is 66.0 cm³/mol. The Morgan fingerprint density at radius 3 is 2.33 bits per heavy atom. The summed E-state index contributed by atoms with van der Waals surface area (Å²) in [7, 11) is 0. The molecule has 2 heteroatoms. The van der Waals surface area contributed by atoms with Gasteiger partial charge in [-0.05, 0) is 51.0 Å². The molecular formula is C13H14OS. The molecule has 0 amide bonds. The molecule has 0 saturated heterocycles. The Labute approximate surface area is 93.7 Å². The summed E-state index contributed by atoms with van der Waals surface area (Å²) in [6, 6.07) is 4.31. The molecule has 0 aliphatic rings. The average molecular weight is 218 g/mol. The number of thiophene rings is 1. The van der Waals surface area contributed by atoms with Gasteiger partial charge < -0.3 is 0 Å². The maximum Gasteiger partial charge on any atom is 0.161 e. The molecule has 78 valence electrons. The van der Waals surface area contributed by atoms with Gasteiger partial charge in [-0.25, -0.2) is 0 Å². The Hall–Kier alpha value is -1.15. The molecule has 1 nitrogen and oxygen atoms in total. The lowest BCUT2D eigenvalue weighted by Crippen LogP contribution is -1.92. The fraction of sp³-hybridized carbons (Fsp3) is 0.308. The van der Waals surface area contributed by atoms with Crippen LogP contribution in [-0.2, 0) is 0 Å². The van der Waals surface area contributed by atoms with Crippen LogP contribution in [0.4, 0.5) is 0 Å². The highest BCUT2D eigenvalue weighted by Gasteiger charge is 2.13. The van der Waals surface area contributed by atoms with Crippen molar-refractivity contribution in [2.45, 2.75) is 27.7 Å². The Balaban J connectivity index is 2.87. The molecule has 0 aliphatic heterocycles. The van der Waals surface area contributed by atoms with Gasteiger partial charge in [0.2, 0.25) is 0 Å². The van der Waals surface area contributed by atoms with Crippen LogP contribution in [0.5, 0.6) is 0 Å². The topological polar surface area (TPSA) is 17.1 Å². The third-order valence-corrected chi connectivity index (χ3v) is 3.90. The molecule has 0 atom stereocenters. The van der Waals surface area contributed by atoms with E-state index in [1.807, 2.05) is 6.92 Å². The van der Waals surface area contributed by atoms with Crippen molar-refractivity contribution >= 4 is 27.2 Å². The maximum absolute atomic E-state index is 11.5. The first kappa shape index (κ1) is 10.4. The van der Waals surface area contributed by atoms with Crippen molar-refractivity contribution in [2.24, 2.45) is 0 Å². The Kier molecular flexibility index (Phi) is 2.39. The van der Waals surface area contributed by atoms with Crippen LogP contribution in [0.25, 0.3) is 10.1 Å². The van der Waals surface area contributed by atoms with Crippen LogP contribution in [0.1, 0.15) is 33.3 Å². The molecule has 0 saturated carbocycles. The maximum atomic E-state index is 11.5. The molecule has 2 rings (SSSR count). The van der Waals surface area contributed by atoms with Crippen LogP contribution in [0.2, 0.25) is 0 Å². The van der Waals surface area contributed by atoms with Gasteiger partial charge in [0.1, 0.15) is 0 Å². The molecule has 0 N–H and O–H groups in total. The van der Waals surface area contributed by atoms with Crippen molar-refractivity contribution < 1.29 is 4.79 Å². The van der Waals surface area contributed by atoms with Gasteiger partial charge >= 0.3 is 0 Å². The zero-order valence-electron chi connectivity index (χ0n) is 9.47. The monoisotopic (exact) mass is 218 g/mol. The van der Waals surface area contributed by atoms with Gasteiger partial charge in [-0.3, -0.25) is 4.79 Å². The third-order valence-electron chi connectivity index (χ3n) is 2.83. The molecule has 0 unspecified atom stereocenters. The minimum absolute atomic E-state index is 0.169. The Bertz CT molecular complexity index is 549. The van der Waals surface area contributed by atoms with Crippen molar-refractivity contribution in [3.8, 4) is 0 Å². The Morgan fingerprint density at radius 1 is 1.13 bits per heavy atom. The van der Waals surface area contributed by atoms with E-state index in [-0.39, 0.29) is 5.78 Å². The number of fused-ring (bicyclic) bond motifs is 1. The van der Waals surface area contributed by atoms with Gasteiger partial charge in [0.25, 0.3) is 0 Å². The second kappa shape index (κ2) is 3.46. The number of rotatable bonds is 1. The summed E-state index contributed by atoms with van der Waals surface area (Å²) in [5, 5.41) is 1.12. The van der Waals surface area contributed by atoms with E-state index in [9.17, 15) is 4.79 Å². The lowest BCUT2D eigenvalue weighted by molar-refractivity contribution is 0.101. The predicted octanol–water partition coefficient (Wildman–Crippen LogP) is 4.03. The fourth-order valence-corrected chi connectivity index (χ4v) is 3.10. The molecule has 15 heavy (non-hydrogen) atoms. The van der Waals surface area contributed by atoms with Gasteiger partial charge in [-0.15, -0.1) is 11.3 Å². The van der Waals surface area contributed by atoms with Gasteiger partial charge in [0.15, 0.2) is 5.78 Å². The molecular weight excluding hydrogens is 204 g/mol. The first-order chi connectivity index (χ1) is 7.00. The zero-order chi connectivity index (χ0) is 11.2. The smallest absolute Gasteiger partial charge is 0.161 e. The van der Waals surface area contributed by atoms with Gasteiger partial charge in [-0.2, -0.15) is 0 Å². The van der Waals surface area contributed by atoms with E-state index in [4.69, 9.17) is 0 Å². The molecule has 1 heterocycles. The molecule has 0 radical (unpaired) electrons. The van der Waals surface area contributed by atoms with Crippen molar-refractivity contribution in [3.63, 3.8) is 0 Å². The Morgan fingerprint density at radius 2 is 1.73 bits per heavy atom. The summed E-state index contributed by atoms with van der Waals surface area (Å²) in [5.41, 5.74) is 3.44. The quantitative estimate of drug-likeness (QED) is 0.660. The van der Waals surface area contributed by atoms with E-state index in [2.05, 4.69) is 26.0 Å². The highest BCUT2D eigenvalue weighted by atomic mass is 32.1. The molecule has 1 aromatic carbocycles. The number of benzene rings is 1. The number of hydrogen-bond donors (Lipinski definition) is 0. The SMILES string of the molecule is CC(=O)c1c(C)sc2cc(C)c(C)cc12. The van der Waals surface area contributed by atoms with E-state index in [0.717, 1.165) is 15.8 Å². The highest BCUT2D eigenvalue weighted by molar-refractivity contribution is 7.19. The highest BCUT2D eigenvalue weighted by Crippen LogP contribution is 2.32. The zero-order valence-corrected chi connectivity index (χ0v) is 10.3. The summed E-state index contributed by atoms with van der Waals surface area (Å²) in [6.07, 6.45) is 0. The standard InChI is InChI=1S/C13H14OS/c1-7-5-11-12(6-8(7)2)15-10(4)13(11)9(3)14/h5-6H,1-4H3. The minimum Gasteiger partial charge on any atom is -0.294 e. The van der Waals surface area contributed by atoms with Gasteiger partial charge in [0.05, 0.1) is 0 Å². The summed E-state index contributed by atoms with van der Waals surface area (Å²) in [4.78, 5) is 12.7. The lowest BCUT2D eigenvalue weighted by atomic mass is 10.0. The van der Waals surface area contributed by atoms with Gasteiger partial charge in [-0.1, -0.05) is 0 Å². The number of hydrogen-bond acceptors (Lipinski definition) is 2. The van der Waals surface area contributed by atoms with Crippen LogP contribution in [-0.4, -0.2) is 5.78 Å². The average Bonchev–Trinajstić information content (AvgIpc) is 2.41. The van der Waals surface area contributed by atoms with Crippen molar-refractivity contribution in [1.29, 1.82) is 0 Å². The van der Waals surface area contributed by atoms with Crippen LogP contribution in [0.15, 0.2) is 12.1 Å². The largest absolute Gasteiger partial charge is 0.294 e. The van der Waals surface area contributed by atoms with Gasteiger partial charge in [0, 0.05) is 20.5 Å².